The molecule has 26 heavy (non-hydrogen) atoms. The molecule has 4 rings (SSSR count). The van der Waals surface area contributed by atoms with E-state index in [-0.39, 0.29) is 16.8 Å². The molecule has 0 radical (unpaired) electrons. The summed E-state index contributed by atoms with van der Waals surface area (Å²) in [5.74, 6) is -0.992. The van der Waals surface area contributed by atoms with Crippen LogP contribution >= 0.6 is 15.9 Å². The number of anilines is 1. The molecular formula is C18H10BrN3O4. The standard InChI is InChI=1S/C18H10BrN3O4/c1-9-15-16(13-8-12(22(25)26)6-7-14(13)20-9)18(24)21(17(15)23)11-4-2-10(19)3-5-11/h2-8H,1H3. The van der Waals surface area contributed by atoms with Crippen molar-refractivity contribution in [3.05, 3.63) is 73.9 Å². The Morgan fingerprint density at radius 2 is 1.69 bits per heavy atom. The highest BCUT2D eigenvalue weighted by Gasteiger charge is 2.40. The zero-order chi connectivity index (χ0) is 18.6. The van der Waals surface area contributed by atoms with Crippen LogP contribution in [0, 0.1) is 17.0 Å². The van der Waals surface area contributed by atoms with Crippen molar-refractivity contribution in [2.24, 2.45) is 0 Å². The fourth-order valence-electron chi connectivity index (χ4n) is 3.11. The van der Waals surface area contributed by atoms with Gasteiger partial charge < -0.3 is 0 Å². The van der Waals surface area contributed by atoms with Crippen LogP contribution in [0.15, 0.2) is 46.9 Å². The van der Waals surface area contributed by atoms with Gasteiger partial charge in [0.2, 0.25) is 0 Å². The van der Waals surface area contributed by atoms with Gasteiger partial charge in [-0.3, -0.25) is 24.7 Å². The second-order valence-corrected chi connectivity index (χ2v) is 6.74. The lowest BCUT2D eigenvalue weighted by Gasteiger charge is -2.13. The van der Waals surface area contributed by atoms with Crippen molar-refractivity contribution in [1.29, 1.82) is 0 Å². The summed E-state index contributed by atoms with van der Waals surface area (Å²) in [7, 11) is 0. The molecule has 0 unspecified atom stereocenters. The Labute approximate surface area is 155 Å². The minimum absolute atomic E-state index is 0.157. The number of imide groups is 1. The van der Waals surface area contributed by atoms with E-state index in [1.54, 1.807) is 31.2 Å². The minimum atomic E-state index is -0.542. The van der Waals surface area contributed by atoms with Crippen LogP contribution in [-0.2, 0) is 0 Å². The molecule has 0 spiro atoms. The highest BCUT2D eigenvalue weighted by Crippen LogP contribution is 2.35. The Balaban J connectivity index is 1.98. The maximum Gasteiger partial charge on any atom is 0.270 e. The largest absolute Gasteiger partial charge is 0.270 e. The van der Waals surface area contributed by atoms with E-state index in [1.165, 1.54) is 18.2 Å². The molecule has 1 aromatic heterocycles. The first-order valence-corrected chi connectivity index (χ1v) is 8.41. The fourth-order valence-corrected chi connectivity index (χ4v) is 3.38. The van der Waals surface area contributed by atoms with Crippen molar-refractivity contribution < 1.29 is 14.5 Å². The quantitative estimate of drug-likeness (QED) is 0.360. The van der Waals surface area contributed by atoms with Crippen LogP contribution in [0.3, 0.4) is 0 Å². The fraction of sp³-hybridized carbons (Fsp3) is 0.0556. The monoisotopic (exact) mass is 411 g/mol. The molecule has 2 aromatic carbocycles. The van der Waals surface area contributed by atoms with Crippen molar-refractivity contribution in [3.8, 4) is 0 Å². The van der Waals surface area contributed by atoms with E-state index in [2.05, 4.69) is 20.9 Å². The van der Waals surface area contributed by atoms with Gasteiger partial charge in [-0.05, 0) is 37.3 Å². The van der Waals surface area contributed by atoms with Gasteiger partial charge in [-0.1, -0.05) is 15.9 Å². The van der Waals surface area contributed by atoms with Gasteiger partial charge >= 0.3 is 0 Å². The number of rotatable bonds is 2. The number of benzene rings is 2. The molecule has 0 bridgehead atoms. The number of fused-ring (bicyclic) bond motifs is 3. The summed E-state index contributed by atoms with van der Waals surface area (Å²) in [4.78, 5) is 41.9. The van der Waals surface area contributed by atoms with E-state index in [1.807, 2.05) is 0 Å². The Morgan fingerprint density at radius 3 is 2.35 bits per heavy atom. The first-order chi connectivity index (χ1) is 12.4. The highest BCUT2D eigenvalue weighted by atomic mass is 79.9. The van der Waals surface area contributed by atoms with Gasteiger partial charge in [0.1, 0.15) is 0 Å². The van der Waals surface area contributed by atoms with Gasteiger partial charge in [0, 0.05) is 22.0 Å². The van der Waals surface area contributed by atoms with Gasteiger partial charge in [-0.25, -0.2) is 4.90 Å². The minimum Gasteiger partial charge on any atom is -0.268 e. The van der Waals surface area contributed by atoms with Crippen molar-refractivity contribution >= 4 is 50.0 Å². The van der Waals surface area contributed by atoms with E-state index in [0.717, 1.165) is 9.37 Å². The number of non-ortho nitro benzene ring substituents is 1. The number of carbonyl (C=O) groups is 2. The third-order valence-electron chi connectivity index (χ3n) is 4.28. The highest BCUT2D eigenvalue weighted by molar-refractivity contribution is 9.10. The lowest BCUT2D eigenvalue weighted by atomic mass is 10.0. The van der Waals surface area contributed by atoms with Crippen LogP contribution in [-0.4, -0.2) is 21.7 Å². The predicted molar refractivity (Wildman–Crippen MR) is 98.4 cm³/mol. The number of aryl methyl sites for hydroxylation is 1. The van der Waals surface area contributed by atoms with Gasteiger partial charge in [0.05, 0.1) is 32.9 Å². The number of halogens is 1. The SMILES string of the molecule is Cc1nc2ccc([N+](=O)[O-])cc2c2c1C(=O)N(c1ccc(Br)cc1)C2=O. The van der Waals surface area contributed by atoms with Crippen molar-refractivity contribution in [3.63, 3.8) is 0 Å². The number of nitro groups is 1. The van der Waals surface area contributed by atoms with Crippen LogP contribution in [0.5, 0.6) is 0 Å². The molecule has 7 nitrogen and oxygen atoms in total. The van der Waals surface area contributed by atoms with Crippen LogP contribution in [0.4, 0.5) is 11.4 Å². The summed E-state index contributed by atoms with van der Waals surface area (Å²) in [5.41, 5.74) is 1.46. The molecule has 3 aromatic rings. The molecule has 1 aliphatic rings. The average molecular weight is 412 g/mol. The van der Waals surface area contributed by atoms with Gasteiger partial charge in [0.25, 0.3) is 17.5 Å². The van der Waals surface area contributed by atoms with Gasteiger partial charge in [0.15, 0.2) is 0 Å². The van der Waals surface area contributed by atoms with E-state index in [4.69, 9.17) is 0 Å². The molecule has 0 atom stereocenters. The first-order valence-electron chi connectivity index (χ1n) is 7.61. The molecule has 0 fully saturated rings. The van der Waals surface area contributed by atoms with Crippen LogP contribution < -0.4 is 4.90 Å². The predicted octanol–water partition coefficient (Wildman–Crippen LogP) is 4.01. The Hall–Kier alpha value is -3.13. The molecule has 1 aliphatic heterocycles. The van der Waals surface area contributed by atoms with E-state index < -0.39 is 16.7 Å². The first kappa shape index (κ1) is 16.3. The molecule has 8 heteroatoms. The number of hydrogen-bond donors (Lipinski definition) is 0. The maximum absolute atomic E-state index is 13.0. The lowest BCUT2D eigenvalue weighted by molar-refractivity contribution is -0.384. The summed E-state index contributed by atoms with van der Waals surface area (Å²) in [6.45, 7) is 1.65. The number of nitro benzene ring substituents is 1. The molecule has 2 heterocycles. The maximum atomic E-state index is 13.0. The van der Waals surface area contributed by atoms with Gasteiger partial charge in [-0.15, -0.1) is 0 Å². The van der Waals surface area contributed by atoms with Gasteiger partial charge in [-0.2, -0.15) is 0 Å². The Morgan fingerprint density at radius 1 is 1.04 bits per heavy atom. The summed E-state index contributed by atoms with van der Waals surface area (Å²) in [6.07, 6.45) is 0. The number of aromatic nitrogens is 1. The third kappa shape index (κ3) is 2.30. The Kier molecular flexibility index (Phi) is 3.58. The lowest BCUT2D eigenvalue weighted by Crippen LogP contribution is -2.29. The summed E-state index contributed by atoms with van der Waals surface area (Å²) in [5, 5.41) is 11.4. The number of hydrogen-bond acceptors (Lipinski definition) is 5. The van der Waals surface area contributed by atoms with Crippen molar-refractivity contribution in [1.82, 2.24) is 4.98 Å². The molecule has 0 saturated carbocycles. The second kappa shape index (κ2) is 5.70. The van der Waals surface area contributed by atoms with Crippen LogP contribution in [0.1, 0.15) is 26.4 Å². The zero-order valence-corrected chi connectivity index (χ0v) is 15.0. The summed E-state index contributed by atoms with van der Waals surface area (Å²) < 4.78 is 0.816. The third-order valence-corrected chi connectivity index (χ3v) is 4.81. The molecule has 0 aliphatic carbocycles. The van der Waals surface area contributed by atoms with E-state index in [9.17, 15) is 19.7 Å². The zero-order valence-electron chi connectivity index (χ0n) is 13.4. The summed E-state index contributed by atoms with van der Waals surface area (Å²) in [6, 6.07) is 10.9. The Bertz CT molecular complexity index is 1130. The summed E-state index contributed by atoms with van der Waals surface area (Å²) >= 11 is 3.32. The number of pyridine rings is 1. The van der Waals surface area contributed by atoms with Crippen molar-refractivity contribution in [2.45, 2.75) is 6.92 Å². The normalized spacial score (nSPS) is 13.4. The topological polar surface area (TPSA) is 93.4 Å². The van der Waals surface area contributed by atoms with Crippen molar-refractivity contribution in [2.75, 3.05) is 4.90 Å². The molecule has 128 valence electrons. The smallest absolute Gasteiger partial charge is 0.268 e. The number of amides is 2. The number of carbonyl (C=O) groups excluding carboxylic acids is 2. The van der Waals surface area contributed by atoms with Crippen LogP contribution in [0.2, 0.25) is 0 Å². The molecular weight excluding hydrogens is 402 g/mol. The number of nitrogens with zero attached hydrogens (tertiary/aromatic N) is 3. The molecule has 0 N–H and O–H groups in total. The van der Waals surface area contributed by atoms with E-state index >= 15 is 0 Å². The molecule has 2 amide bonds. The van der Waals surface area contributed by atoms with E-state index in [0.29, 0.717) is 22.3 Å². The molecule has 0 saturated heterocycles. The van der Waals surface area contributed by atoms with Crippen LogP contribution in [0.25, 0.3) is 10.9 Å². The average Bonchev–Trinajstić information content (AvgIpc) is 2.87. The second-order valence-electron chi connectivity index (χ2n) is 5.83.